The first-order chi connectivity index (χ1) is 37.9. The molecule has 0 aliphatic heterocycles. The highest BCUT2D eigenvalue weighted by atomic mass is 15.1. The van der Waals surface area contributed by atoms with Crippen LogP contribution in [-0.2, 0) is 18.3 Å². The summed E-state index contributed by atoms with van der Waals surface area (Å²) in [4.78, 5) is 2.42. The van der Waals surface area contributed by atoms with E-state index in [9.17, 15) is 0 Å². The predicted molar refractivity (Wildman–Crippen MR) is 328 cm³/mol. The molecule has 0 radical (unpaired) electrons. The van der Waals surface area contributed by atoms with Crippen molar-refractivity contribution in [3.8, 4) is 39.1 Å². The fourth-order valence-electron chi connectivity index (χ4n) is 11.7. The van der Waals surface area contributed by atoms with Gasteiger partial charge in [-0.15, -0.1) is 0 Å². The summed E-state index contributed by atoms with van der Waals surface area (Å²) in [7, 11) is 0. The SMILES string of the molecule is C=CC(=C)/C=C\C(=C)C/C=C\Cc1cc(CC)cc(-n2c3ccccc3c3cc(-c4ccc(N(c5ccc(-c6ccccc6)cc5)c5ccc6c(c5)C(c5ccccc5)(c5ccccc5)c5ccccc5-6)cc4)ccc32)c1. The van der Waals surface area contributed by atoms with Gasteiger partial charge < -0.3 is 9.47 Å². The molecule has 0 spiro atoms. The van der Waals surface area contributed by atoms with E-state index in [-0.39, 0.29) is 0 Å². The van der Waals surface area contributed by atoms with E-state index >= 15 is 0 Å². The molecule has 0 bridgehead atoms. The Morgan fingerprint density at radius 1 is 0.468 bits per heavy atom. The molecule has 1 heterocycles. The molecule has 0 saturated heterocycles. The Bertz CT molecular complexity index is 4000. The van der Waals surface area contributed by atoms with Crippen LogP contribution in [0.4, 0.5) is 17.1 Å². The summed E-state index contributed by atoms with van der Waals surface area (Å²) in [6.45, 7) is 14.2. The average molecular weight is 989 g/mol. The van der Waals surface area contributed by atoms with Gasteiger partial charge in [-0.3, -0.25) is 0 Å². The third kappa shape index (κ3) is 9.09. The summed E-state index contributed by atoms with van der Waals surface area (Å²) >= 11 is 0. The number of fused-ring (bicyclic) bond motifs is 6. The van der Waals surface area contributed by atoms with Gasteiger partial charge in [-0.05, 0) is 158 Å². The molecule has 370 valence electrons. The maximum Gasteiger partial charge on any atom is 0.0714 e. The van der Waals surface area contributed by atoms with Crippen molar-refractivity contribution in [1.82, 2.24) is 4.57 Å². The van der Waals surface area contributed by atoms with E-state index in [0.717, 1.165) is 53.0 Å². The van der Waals surface area contributed by atoms with Gasteiger partial charge in [0.2, 0.25) is 0 Å². The van der Waals surface area contributed by atoms with E-state index in [0.29, 0.717) is 0 Å². The summed E-state index contributed by atoms with van der Waals surface area (Å²) in [5.74, 6) is 0. The number of hydrogen-bond acceptors (Lipinski definition) is 1. The van der Waals surface area contributed by atoms with Crippen LogP contribution in [0, 0.1) is 0 Å². The number of allylic oxidation sites excluding steroid dienone is 7. The van der Waals surface area contributed by atoms with Crippen LogP contribution in [-0.4, -0.2) is 4.57 Å². The Morgan fingerprint density at radius 2 is 1.03 bits per heavy atom. The number of benzene rings is 10. The fourth-order valence-corrected chi connectivity index (χ4v) is 11.7. The quantitative estimate of drug-likeness (QED) is 0.0692. The van der Waals surface area contributed by atoms with Crippen LogP contribution >= 0.6 is 0 Å². The number of anilines is 3. The van der Waals surface area contributed by atoms with E-state index in [2.05, 4.69) is 291 Å². The van der Waals surface area contributed by atoms with E-state index in [1.807, 2.05) is 12.2 Å². The number of rotatable bonds is 16. The monoisotopic (exact) mass is 988 g/mol. The molecule has 0 unspecified atom stereocenters. The number of aryl methyl sites for hydroxylation is 1. The summed E-state index contributed by atoms with van der Waals surface area (Å²) in [6, 6.07) is 89.9. The largest absolute Gasteiger partial charge is 0.310 e. The maximum absolute atomic E-state index is 4.22. The van der Waals surface area contributed by atoms with Gasteiger partial charge in [-0.25, -0.2) is 0 Å². The van der Waals surface area contributed by atoms with Gasteiger partial charge in [0.15, 0.2) is 0 Å². The molecular weight excluding hydrogens is 929 g/mol. The van der Waals surface area contributed by atoms with Gasteiger partial charge in [-0.2, -0.15) is 0 Å². The Morgan fingerprint density at radius 3 is 1.71 bits per heavy atom. The Hall–Kier alpha value is -9.50. The molecular formula is C75H60N2. The van der Waals surface area contributed by atoms with Crippen LogP contribution in [0.3, 0.4) is 0 Å². The van der Waals surface area contributed by atoms with E-state index < -0.39 is 5.41 Å². The van der Waals surface area contributed by atoms with Crippen molar-refractivity contribution in [2.24, 2.45) is 0 Å². The molecule has 11 aromatic rings. The van der Waals surface area contributed by atoms with Crippen molar-refractivity contribution in [2.75, 3.05) is 4.90 Å². The number of para-hydroxylation sites is 1. The highest BCUT2D eigenvalue weighted by Crippen LogP contribution is 2.57. The van der Waals surface area contributed by atoms with Crippen LogP contribution in [0.5, 0.6) is 0 Å². The maximum atomic E-state index is 4.22. The number of nitrogens with zero attached hydrogens (tertiary/aromatic N) is 2. The third-order valence-corrected chi connectivity index (χ3v) is 15.5. The van der Waals surface area contributed by atoms with Crippen LogP contribution in [0.25, 0.3) is 60.9 Å². The molecule has 0 fully saturated rings. The predicted octanol–water partition coefficient (Wildman–Crippen LogP) is 19.9. The normalized spacial score (nSPS) is 12.5. The Balaban J connectivity index is 0.929. The Kier molecular flexibility index (Phi) is 13.2. The van der Waals surface area contributed by atoms with Crippen LogP contribution in [0.2, 0.25) is 0 Å². The molecule has 0 saturated carbocycles. The van der Waals surface area contributed by atoms with E-state index in [1.165, 1.54) is 88.7 Å². The minimum atomic E-state index is -0.520. The molecule has 2 heteroatoms. The van der Waals surface area contributed by atoms with Gasteiger partial charge in [0.05, 0.1) is 16.4 Å². The van der Waals surface area contributed by atoms with Gasteiger partial charge >= 0.3 is 0 Å². The summed E-state index contributed by atoms with van der Waals surface area (Å²) in [6.07, 6.45) is 12.8. The van der Waals surface area contributed by atoms with Crippen molar-refractivity contribution in [1.29, 1.82) is 0 Å². The zero-order valence-corrected chi connectivity index (χ0v) is 43.6. The van der Waals surface area contributed by atoms with Crippen LogP contribution < -0.4 is 4.90 Å². The molecule has 2 nitrogen and oxygen atoms in total. The molecule has 1 aliphatic rings. The van der Waals surface area contributed by atoms with Crippen LogP contribution in [0.15, 0.2) is 304 Å². The zero-order chi connectivity index (χ0) is 52.3. The van der Waals surface area contributed by atoms with Crippen molar-refractivity contribution < 1.29 is 0 Å². The van der Waals surface area contributed by atoms with Gasteiger partial charge in [-0.1, -0.05) is 239 Å². The average Bonchev–Trinajstić information content (AvgIpc) is 4.13. The molecule has 1 aliphatic carbocycles. The topological polar surface area (TPSA) is 8.17 Å². The lowest BCUT2D eigenvalue weighted by Crippen LogP contribution is -2.28. The van der Waals surface area contributed by atoms with E-state index in [4.69, 9.17) is 0 Å². The minimum absolute atomic E-state index is 0.520. The van der Waals surface area contributed by atoms with Crippen molar-refractivity contribution >= 4 is 38.9 Å². The second kappa shape index (κ2) is 21.0. The lowest BCUT2D eigenvalue weighted by molar-refractivity contribution is 0.768. The Labute approximate surface area is 453 Å². The van der Waals surface area contributed by atoms with Crippen molar-refractivity contribution in [3.63, 3.8) is 0 Å². The number of hydrogen-bond donors (Lipinski definition) is 0. The smallest absolute Gasteiger partial charge is 0.0714 e. The molecule has 1 aromatic heterocycles. The summed E-state index contributed by atoms with van der Waals surface area (Å²) < 4.78 is 2.45. The molecule has 0 amide bonds. The summed E-state index contributed by atoms with van der Waals surface area (Å²) in [5.41, 5.74) is 23.2. The fraction of sp³-hybridized carbons (Fsp3) is 0.0667. The second-order valence-corrected chi connectivity index (χ2v) is 20.1. The lowest BCUT2D eigenvalue weighted by atomic mass is 9.67. The van der Waals surface area contributed by atoms with Crippen molar-refractivity contribution in [2.45, 2.75) is 31.6 Å². The first-order valence-electron chi connectivity index (χ1n) is 26.8. The first-order valence-corrected chi connectivity index (χ1v) is 26.8. The minimum Gasteiger partial charge on any atom is -0.310 e. The summed E-state index contributed by atoms with van der Waals surface area (Å²) in [5, 5.41) is 2.47. The highest BCUT2D eigenvalue weighted by molar-refractivity contribution is 6.10. The van der Waals surface area contributed by atoms with Crippen LogP contribution in [0.1, 0.15) is 46.7 Å². The highest BCUT2D eigenvalue weighted by Gasteiger charge is 2.46. The molecule has 0 atom stereocenters. The number of aromatic nitrogens is 1. The lowest BCUT2D eigenvalue weighted by Gasteiger charge is -2.35. The first kappa shape index (κ1) is 48.4. The van der Waals surface area contributed by atoms with Crippen molar-refractivity contribution in [3.05, 3.63) is 337 Å². The van der Waals surface area contributed by atoms with E-state index in [1.54, 1.807) is 6.08 Å². The molecule has 0 N–H and O–H groups in total. The van der Waals surface area contributed by atoms with Gasteiger partial charge in [0, 0.05) is 33.5 Å². The molecule has 10 aromatic carbocycles. The standard InChI is InChI=1S/C75H60N2/c1-5-53(3)34-35-54(4)22-16-17-23-56-48-55(6-2)49-66(50-56)77-73-33-21-19-31-69(73)70-51-60(40-47-74(70)77)59-38-43-64(44-39-59)76(63-41-36-58(37-42-63)57-24-10-7-11-25-57)65-45-46-68-67-30-18-20-32-71(67)75(72(68)52-65,61-26-12-8-13-27-61)62-28-14-9-15-29-62/h5,7-21,24-52H,1,3-4,6,22-23H2,2H3/b17-16-,35-34-. The molecule has 77 heavy (non-hydrogen) atoms. The third-order valence-electron chi connectivity index (χ3n) is 15.5. The molecule has 12 rings (SSSR count). The van der Waals surface area contributed by atoms with Gasteiger partial charge in [0.1, 0.15) is 0 Å². The zero-order valence-electron chi connectivity index (χ0n) is 43.6. The second-order valence-electron chi connectivity index (χ2n) is 20.1. The van der Waals surface area contributed by atoms with Gasteiger partial charge in [0.25, 0.3) is 0 Å².